The third-order valence-electron chi connectivity index (χ3n) is 9.46. The number of ether oxygens (including phenoxy) is 7. The van der Waals surface area contributed by atoms with Gasteiger partial charge in [0.2, 0.25) is 0 Å². The van der Waals surface area contributed by atoms with Gasteiger partial charge in [0.25, 0.3) is 0 Å². The van der Waals surface area contributed by atoms with Gasteiger partial charge in [0.15, 0.2) is 18.9 Å². The second kappa shape index (κ2) is 15.0. The summed E-state index contributed by atoms with van der Waals surface area (Å²) in [6.45, 7) is -0.515. The van der Waals surface area contributed by atoms with Crippen molar-refractivity contribution in [3.63, 3.8) is 0 Å². The minimum atomic E-state index is -1.99. The van der Waals surface area contributed by atoms with Crippen LogP contribution in [0.1, 0.15) is 32.6 Å². The van der Waals surface area contributed by atoms with Crippen LogP contribution in [0, 0.1) is 11.8 Å². The highest BCUT2D eigenvalue weighted by Crippen LogP contribution is 2.41. The normalized spacial score (nSPS) is 49.2. The Morgan fingerprint density at radius 2 is 1.59 bits per heavy atom. The predicted molar refractivity (Wildman–Crippen MR) is 148 cm³/mol. The van der Waals surface area contributed by atoms with Gasteiger partial charge in [0.05, 0.1) is 38.4 Å². The van der Waals surface area contributed by atoms with E-state index < -0.39 is 124 Å². The summed E-state index contributed by atoms with van der Waals surface area (Å²) in [6.07, 6.45) is -14.3. The lowest BCUT2D eigenvalue weighted by Gasteiger charge is -2.47. The van der Waals surface area contributed by atoms with Crippen molar-refractivity contribution >= 4 is 5.97 Å². The van der Waals surface area contributed by atoms with Crippen molar-refractivity contribution in [2.75, 3.05) is 26.4 Å². The summed E-state index contributed by atoms with van der Waals surface area (Å²) in [5, 5.41) is 93.2. The molecule has 9 N–H and O–H groups in total. The molecule has 0 aromatic rings. The molecule has 1 aliphatic carbocycles. The summed E-state index contributed by atoms with van der Waals surface area (Å²) in [4.78, 5) is 12.6. The van der Waals surface area contributed by atoms with Crippen molar-refractivity contribution in [1.29, 1.82) is 0 Å². The van der Waals surface area contributed by atoms with Gasteiger partial charge in [-0.05, 0) is 12.8 Å². The molecule has 4 saturated heterocycles. The van der Waals surface area contributed by atoms with Crippen LogP contribution in [0.4, 0.5) is 0 Å². The van der Waals surface area contributed by atoms with E-state index in [1.807, 2.05) is 6.92 Å². The van der Waals surface area contributed by atoms with Crippen LogP contribution in [0.15, 0.2) is 12.2 Å². The molecular formula is C29H46O17. The number of esters is 1. The molecule has 17 nitrogen and oxygen atoms in total. The molecule has 0 amide bonds. The minimum Gasteiger partial charge on any atom is -0.461 e. The minimum absolute atomic E-state index is 0.358. The van der Waals surface area contributed by atoms with E-state index in [0.29, 0.717) is 12.8 Å². The molecule has 5 aliphatic rings. The van der Waals surface area contributed by atoms with Crippen molar-refractivity contribution in [2.45, 2.75) is 124 Å². The fourth-order valence-electron chi connectivity index (χ4n) is 6.64. The summed E-state index contributed by atoms with van der Waals surface area (Å²) >= 11 is 0. The molecule has 4 aliphatic heterocycles. The van der Waals surface area contributed by atoms with Gasteiger partial charge in [-0.3, -0.25) is 4.79 Å². The van der Waals surface area contributed by atoms with E-state index in [1.54, 1.807) is 12.2 Å². The van der Waals surface area contributed by atoms with Crippen molar-refractivity contribution in [3.05, 3.63) is 12.2 Å². The maximum atomic E-state index is 12.6. The van der Waals surface area contributed by atoms with Crippen molar-refractivity contribution in [2.24, 2.45) is 11.8 Å². The van der Waals surface area contributed by atoms with Gasteiger partial charge in [-0.15, -0.1) is 0 Å². The average molecular weight is 667 g/mol. The van der Waals surface area contributed by atoms with Crippen LogP contribution in [-0.4, -0.2) is 170 Å². The Labute approximate surface area is 264 Å². The summed E-state index contributed by atoms with van der Waals surface area (Å²) in [5.74, 6) is -1.31. The first-order valence-electron chi connectivity index (χ1n) is 15.7. The number of carbonyl (C=O) groups excluding carboxylic acids is 1. The van der Waals surface area contributed by atoms with Crippen LogP contribution in [0.3, 0.4) is 0 Å². The lowest BCUT2D eigenvalue weighted by molar-refractivity contribution is -0.367. The topological polar surface area (TPSA) is 264 Å². The quantitative estimate of drug-likeness (QED) is 0.0706. The lowest BCUT2D eigenvalue weighted by atomic mass is 9.79. The number of aliphatic hydroxyl groups is 9. The zero-order valence-corrected chi connectivity index (χ0v) is 25.3. The van der Waals surface area contributed by atoms with Gasteiger partial charge in [0, 0.05) is 5.92 Å². The molecule has 264 valence electrons. The highest BCUT2D eigenvalue weighted by molar-refractivity contribution is 5.77. The third-order valence-corrected chi connectivity index (χ3v) is 9.46. The molecule has 0 aromatic carbocycles. The zero-order chi connectivity index (χ0) is 33.3. The number of aliphatic hydroxyl groups excluding tert-OH is 8. The van der Waals surface area contributed by atoms with E-state index >= 15 is 0 Å². The number of fused-ring (bicyclic) bond motifs is 1. The zero-order valence-electron chi connectivity index (χ0n) is 25.3. The average Bonchev–Trinajstić information content (AvgIpc) is 3.54. The van der Waals surface area contributed by atoms with Gasteiger partial charge in [-0.2, -0.15) is 0 Å². The first-order valence-corrected chi connectivity index (χ1v) is 15.7. The number of rotatable bonds is 12. The number of unbranched alkanes of at least 4 members (excludes halogenated alkanes) is 1. The van der Waals surface area contributed by atoms with Crippen molar-refractivity contribution < 1.29 is 83.9 Å². The number of carbonyl (C=O) groups is 1. The number of hydrogen-bond donors (Lipinski definition) is 9. The van der Waals surface area contributed by atoms with E-state index in [9.17, 15) is 50.8 Å². The Morgan fingerprint density at radius 3 is 2.26 bits per heavy atom. The summed E-state index contributed by atoms with van der Waals surface area (Å²) in [7, 11) is 0. The SMILES string of the molecule is CCCCC1OC(=O)C2C=CCC(O[C@@H]3O[C@H](CO[C@@H]4OC[C@](O)(CO)[C@H]4O)[C@@H](O[C@H]4O[C@H](CO)[C@@H](O)[C@H](O)[C@H]4O)[C@H](O)[C@H]3O)C12. The summed E-state index contributed by atoms with van der Waals surface area (Å²) < 4.78 is 40.0. The Hall–Kier alpha value is -1.39. The molecule has 5 rings (SSSR count). The second-order valence-corrected chi connectivity index (χ2v) is 12.6. The van der Waals surface area contributed by atoms with Gasteiger partial charge in [-0.1, -0.05) is 31.9 Å². The molecule has 0 aromatic heterocycles. The van der Waals surface area contributed by atoms with Gasteiger partial charge in [0.1, 0.15) is 66.6 Å². The molecule has 0 bridgehead atoms. The van der Waals surface area contributed by atoms with Gasteiger partial charge >= 0.3 is 5.97 Å². The van der Waals surface area contributed by atoms with Crippen LogP contribution in [-0.2, 0) is 38.0 Å². The highest BCUT2D eigenvalue weighted by Gasteiger charge is 2.55. The fraction of sp³-hybridized carbons (Fsp3) is 0.897. The molecule has 17 heteroatoms. The van der Waals surface area contributed by atoms with Crippen molar-refractivity contribution in [3.8, 4) is 0 Å². The number of hydrogen-bond acceptors (Lipinski definition) is 17. The molecule has 0 saturated carbocycles. The van der Waals surface area contributed by atoms with E-state index in [2.05, 4.69) is 0 Å². The second-order valence-electron chi connectivity index (χ2n) is 12.6. The predicted octanol–water partition coefficient (Wildman–Crippen LogP) is -4.23. The largest absolute Gasteiger partial charge is 0.461 e. The highest BCUT2D eigenvalue weighted by atomic mass is 16.8. The Morgan fingerprint density at radius 1 is 0.891 bits per heavy atom. The number of cyclic esters (lactones) is 1. The van der Waals surface area contributed by atoms with Crippen LogP contribution >= 0.6 is 0 Å². The molecule has 0 spiro atoms. The fourth-order valence-corrected chi connectivity index (χ4v) is 6.64. The van der Waals surface area contributed by atoms with Crippen LogP contribution in [0.2, 0.25) is 0 Å². The van der Waals surface area contributed by atoms with E-state index in [1.165, 1.54) is 0 Å². The summed E-state index contributed by atoms with van der Waals surface area (Å²) in [5.41, 5.74) is -1.99. The van der Waals surface area contributed by atoms with Crippen LogP contribution < -0.4 is 0 Å². The molecule has 0 radical (unpaired) electrons. The first-order chi connectivity index (χ1) is 21.9. The Balaban J connectivity index is 1.34. The smallest absolute Gasteiger partial charge is 0.313 e. The Bertz CT molecular complexity index is 1050. The van der Waals surface area contributed by atoms with Crippen LogP contribution in [0.5, 0.6) is 0 Å². The molecule has 4 heterocycles. The molecule has 46 heavy (non-hydrogen) atoms. The molecule has 4 unspecified atom stereocenters. The Kier molecular flexibility index (Phi) is 11.7. The molecule has 17 atom stereocenters. The molecular weight excluding hydrogens is 620 g/mol. The van der Waals surface area contributed by atoms with Gasteiger partial charge in [-0.25, -0.2) is 0 Å². The maximum Gasteiger partial charge on any atom is 0.313 e. The standard InChI is InChI=1S/C29H46O17/c1-2-3-6-13-17-12(25(38)42-13)5-4-7-14(17)43-26-22(36)20(34)23(46-27-21(35)19(33)18(32)15(8-30)44-27)16(45-26)9-40-28-24(37)29(39,10-31)11-41-28/h4-5,12-24,26-28,30-37,39H,2-3,6-11H2,1H3/t12?,13?,14?,15-,16-,17?,18-,19+,20-,21-,22-,23-,24+,26-,27-,28-,29-/m1/s1. The van der Waals surface area contributed by atoms with Crippen LogP contribution in [0.25, 0.3) is 0 Å². The monoisotopic (exact) mass is 666 g/mol. The maximum absolute atomic E-state index is 12.6. The molecule has 4 fully saturated rings. The van der Waals surface area contributed by atoms with Gasteiger partial charge < -0.3 is 79.1 Å². The van der Waals surface area contributed by atoms with E-state index in [0.717, 1.165) is 12.8 Å². The van der Waals surface area contributed by atoms with E-state index in [-0.39, 0.29) is 11.9 Å². The van der Waals surface area contributed by atoms with Crippen molar-refractivity contribution in [1.82, 2.24) is 0 Å². The lowest BCUT2D eigenvalue weighted by Crippen LogP contribution is -2.65. The third kappa shape index (κ3) is 7.01. The first kappa shape index (κ1) is 35.9. The summed E-state index contributed by atoms with van der Waals surface area (Å²) in [6, 6.07) is 0. The van der Waals surface area contributed by atoms with E-state index in [4.69, 9.17) is 33.2 Å².